The van der Waals surface area contributed by atoms with Crippen molar-refractivity contribution in [3.05, 3.63) is 0 Å². The van der Waals surface area contributed by atoms with Gasteiger partial charge in [-0.2, -0.15) is 0 Å². The van der Waals surface area contributed by atoms with E-state index in [1.165, 1.54) is 38.2 Å². The van der Waals surface area contributed by atoms with Crippen LogP contribution in [0.3, 0.4) is 0 Å². The summed E-state index contributed by atoms with van der Waals surface area (Å²) in [6, 6.07) is 0. The van der Waals surface area contributed by atoms with Crippen LogP contribution in [-0.2, 0) is 0 Å². The van der Waals surface area contributed by atoms with Crippen LogP contribution in [0.15, 0.2) is 4.99 Å². The fraction of sp³-hybridized carbons (Fsp3) is 0.900. The molecule has 1 atom stereocenters. The van der Waals surface area contributed by atoms with Crippen molar-refractivity contribution < 1.29 is 0 Å². The molecule has 0 aromatic heterocycles. The van der Waals surface area contributed by atoms with Crippen LogP contribution in [0, 0.1) is 5.92 Å². The lowest BCUT2D eigenvalue weighted by atomic mass is 9.95. The first-order valence-corrected chi connectivity index (χ1v) is 5.43. The zero-order valence-corrected chi connectivity index (χ0v) is 8.18. The smallest absolute Gasteiger partial charge is 0.0966 e. The first kappa shape index (κ1) is 9.00. The van der Waals surface area contributed by atoms with Gasteiger partial charge in [-0.3, -0.25) is 4.99 Å². The van der Waals surface area contributed by atoms with Gasteiger partial charge < -0.3 is 10.6 Å². The molecule has 0 saturated carbocycles. The second-order valence-corrected chi connectivity index (χ2v) is 4.03. The Kier molecular flexibility index (Phi) is 3.19. The van der Waals surface area contributed by atoms with Crippen LogP contribution >= 0.6 is 0 Å². The van der Waals surface area contributed by atoms with E-state index in [0.717, 1.165) is 25.4 Å². The minimum atomic E-state index is 0.818. The maximum atomic E-state index is 4.50. The monoisotopic (exact) mass is 181 g/mol. The van der Waals surface area contributed by atoms with E-state index in [4.69, 9.17) is 0 Å². The zero-order valence-electron chi connectivity index (χ0n) is 8.18. The van der Waals surface area contributed by atoms with Gasteiger partial charge >= 0.3 is 0 Å². The van der Waals surface area contributed by atoms with Crippen LogP contribution < -0.4 is 10.6 Å². The summed E-state index contributed by atoms with van der Waals surface area (Å²) in [5.41, 5.74) is 0. The van der Waals surface area contributed by atoms with Crippen molar-refractivity contribution in [2.45, 2.75) is 25.7 Å². The number of amidine groups is 1. The predicted molar refractivity (Wildman–Crippen MR) is 55.1 cm³/mol. The molecule has 0 spiro atoms. The van der Waals surface area contributed by atoms with E-state index in [9.17, 15) is 0 Å². The zero-order chi connectivity index (χ0) is 8.93. The summed E-state index contributed by atoms with van der Waals surface area (Å²) in [5, 5.41) is 6.83. The van der Waals surface area contributed by atoms with Gasteiger partial charge in [-0.05, 0) is 38.3 Å². The number of rotatable bonds is 2. The number of nitrogens with one attached hydrogen (secondary N) is 2. The lowest BCUT2D eigenvalue weighted by Gasteiger charge is -2.24. The summed E-state index contributed by atoms with van der Waals surface area (Å²) < 4.78 is 0. The van der Waals surface area contributed by atoms with Crippen LogP contribution in [0.25, 0.3) is 0 Å². The van der Waals surface area contributed by atoms with Gasteiger partial charge in [-0.15, -0.1) is 0 Å². The normalized spacial score (nSPS) is 29.2. The van der Waals surface area contributed by atoms with E-state index in [2.05, 4.69) is 15.6 Å². The minimum Gasteiger partial charge on any atom is -0.374 e. The number of aliphatic imine (C=N–C) groups is 1. The summed E-state index contributed by atoms with van der Waals surface area (Å²) in [6.07, 6.45) is 5.06. The van der Waals surface area contributed by atoms with Crippen molar-refractivity contribution in [2.75, 3.05) is 26.2 Å². The maximum Gasteiger partial charge on any atom is 0.0966 e. The molecule has 0 aromatic rings. The third-order valence-corrected chi connectivity index (χ3v) is 2.85. The third kappa shape index (κ3) is 2.69. The molecule has 74 valence electrons. The number of hydrogen-bond acceptors (Lipinski definition) is 3. The van der Waals surface area contributed by atoms with Crippen molar-refractivity contribution in [1.82, 2.24) is 10.6 Å². The Hall–Kier alpha value is -0.570. The van der Waals surface area contributed by atoms with Crippen LogP contribution in [0.5, 0.6) is 0 Å². The number of nitrogens with zero attached hydrogens (tertiary/aromatic N) is 1. The van der Waals surface area contributed by atoms with E-state index in [0.29, 0.717) is 0 Å². The van der Waals surface area contributed by atoms with Gasteiger partial charge in [-0.1, -0.05) is 0 Å². The van der Waals surface area contributed by atoms with E-state index < -0.39 is 0 Å². The molecule has 2 N–H and O–H groups in total. The summed E-state index contributed by atoms with van der Waals surface area (Å²) in [5.74, 6) is 2.07. The summed E-state index contributed by atoms with van der Waals surface area (Å²) >= 11 is 0. The maximum absolute atomic E-state index is 4.50. The van der Waals surface area contributed by atoms with Crippen molar-refractivity contribution in [1.29, 1.82) is 0 Å². The van der Waals surface area contributed by atoms with Crippen LogP contribution in [0.2, 0.25) is 0 Å². The second-order valence-electron chi connectivity index (χ2n) is 4.03. The van der Waals surface area contributed by atoms with Gasteiger partial charge in [0.25, 0.3) is 0 Å². The first-order chi connectivity index (χ1) is 6.45. The van der Waals surface area contributed by atoms with Gasteiger partial charge in [0.2, 0.25) is 0 Å². The molecule has 2 heterocycles. The molecule has 0 bridgehead atoms. The second kappa shape index (κ2) is 4.61. The Labute approximate surface area is 80.0 Å². The summed E-state index contributed by atoms with van der Waals surface area (Å²) in [4.78, 5) is 4.50. The first-order valence-electron chi connectivity index (χ1n) is 5.43. The van der Waals surface area contributed by atoms with Gasteiger partial charge in [0.1, 0.15) is 0 Å². The third-order valence-electron chi connectivity index (χ3n) is 2.85. The molecular weight excluding hydrogens is 162 g/mol. The van der Waals surface area contributed by atoms with Crippen molar-refractivity contribution >= 4 is 5.84 Å². The molecule has 1 fully saturated rings. The summed E-state index contributed by atoms with van der Waals surface area (Å²) in [7, 11) is 0. The molecule has 3 heteroatoms. The molecule has 13 heavy (non-hydrogen) atoms. The Morgan fingerprint density at radius 2 is 2.31 bits per heavy atom. The van der Waals surface area contributed by atoms with E-state index in [1.807, 2.05) is 0 Å². The number of piperidine rings is 1. The molecule has 1 saturated heterocycles. The van der Waals surface area contributed by atoms with Crippen LogP contribution in [0.1, 0.15) is 25.7 Å². The fourth-order valence-electron chi connectivity index (χ4n) is 2.09. The molecule has 0 aliphatic carbocycles. The highest BCUT2D eigenvalue weighted by Gasteiger charge is 2.16. The average molecular weight is 181 g/mol. The van der Waals surface area contributed by atoms with E-state index >= 15 is 0 Å². The molecule has 3 nitrogen and oxygen atoms in total. The summed E-state index contributed by atoms with van der Waals surface area (Å²) in [6.45, 7) is 4.54. The Balaban J connectivity index is 1.78. The minimum absolute atomic E-state index is 0.818. The largest absolute Gasteiger partial charge is 0.374 e. The highest BCUT2D eigenvalue weighted by molar-refractivity contribution is 5.82. The molecule has 0 radical (unpaired) electrons. The predicted octanol–water partition coefficient (Wildman–Crippen LogP) is 0.768. The van der Waals surface area contributed by atoms with Crippen molar-refractivity contribution in [3.63, 3.8) is 0 Å². The van der Waals surface area contributed by atoms with Crippen molar-refractivity contribution in [2.24, 2.45) is 10.9 Å². The molecule has 0 amide bonds. The Bertz CT molecular complexity index is 183. The lowest BCUT2D eigenvalue weighted by Crippen LogP contribution is -2.36. The van der Waals surface area contributed by atoms with Gasteiger partial charge in [-0.25, -0.2) is 0 Å². The molecule has 0 aromatic carbocycles. The Morgan fingerprint density at radius 3 is 3.00 bits per heavy atom. The van der Waals surface area contributed by atoms with Crippen LogP contribution in [0.4, 0.5) is 0 Å². The molecular formula is C10H19N3. The SMILES string of the molecule is C1CN=C(CC2CCCNC2)NC1. The van der Waals surface area contributed by atoms with Crippen molar-refractivity contribution in [3.8, 4) is 0 Å². The highest BCUT2D eigenvalue weighted by atomic mass is 15.0. The lowest BCUT2D eigenvalue weighted by molar-refractivity contribution is 0.384. The molecule has 2 aliphatic heterocycles. The van der Waals surface area contributed by atoms with E-state index in [1.54, 1.807) is 0 Å². The van der Waals surface area contributed by atoms with Gasteiger partial charge in [0.05, 0.1) is 5.84 Å². The van der Waals surface area contributed by atoms with E-state index in [-0.39, 0.29) is 0 Å². The molecule has 2 aliphatic rings. The number of hydrogen-bond donors (Lipinski definition) is 2. The highest BCUT2D eigenvalue weighted by Crippen LogP contribution is 2.14. The molecule has 2 rings (SSSR count). The molecule has 1 unspecified atom stereocenters. The fourth-order valence-corrected chi connectivity index (χ4v) is 2.09. The topological polar surface area (TPSA) is 36.4 Å². The Morgan fingerprint density at radius 1 is 1.31 bits per heavy atom. The van der Waals surface area contributed by atoms with Gasteiger partial charge in [0.15, 0.2) is 0 Å². The van der Waals surface area contributed by atoms with Crippen LogP contribution in [-0.4, -0.2) is 32.0 Å². The standard InChI is InChI=1S/C10H19N3/c1-3-9(8-11-4-1)7-10-12-5-2-6-13-10/h9,11H,1-8H2,(H,12,13). The van der Waals surface area contributed by atoms with Gasteiger partial charge in [0, 0.05) is 19.5 Å². The quantitative estimate of drug-likeness (QED) is 0.660. The average Bonchev–Trinajstić information content (AvgIpc) is 2.21.